The number of halogens is 1. The van der Waals surface area contributed by atoms with Crippen molar-refractivity contribution in [3.8, 4) is 0 Å². The van der Waals surface area contributed by atoms with Gasteiger partial charge in [0.2, 0.25) is 5.91 Å². The summed E-state index contributed by atoms with van der Waals surface area (Å²) in [4.78, 5) is 27.9. The lowest BCUT2D eigenvalue weighted by Gasteiger charge is -2.18. The van der Waals surface area contributed by atoms with E-state index in [4.69, 9.17) is 0 Å². The van der Waals surface area contributed by atoms with Crippen LogP contribution < -0.4 is 5.32 Å². The maximum absolute atomic E-state index is 13.9. The predicted molar refractivity (Wildman–Crippen MR) is 118 cm³/mol. The quantitative estimate of drug-likeness (QED) is 0.674. The van der Waals surface area contributed by atoms with Gasteiger partial charge in [0.05, 0.1) is 5.92 Å². The number of nitrogens with zero attached hydrogens (tertiary/aromatic N) is 1. The van der Waals surface area contributed by atoms with Crippen molar-refractivity contribution in [2.75, 3.05) is 13.1 Å². The molecule has 2 atom stereocenters. The molecule has 1 N–H and O–H groups in total. The molecule has 0 aromatic heterocycles. The SMILES string of the molecule is Cc1ccc(C(=O)N2C[C@H](C(=O)NCc3ccccc3)[C@H](c3cccc(F)c3)C2)cc1. The Morgan fingerprint density at radius 2 is 1.71 bits per heavy atom. The first-order chi connectivity index (χ1) is 15.0. The molecule has 2 amide bonds. The van der Waals surface area contributed by atoms with Crippen LogP contribution in [-0.4, -0.2) is 29.8 Å². The third kappa shape index (κ3) is 4.82. The second-order valence-corrected chi connectivity index (χ2v) is 8.05. The first kappa shape index (κ1) is 20.8. The van der Waals surface area contributed by atoms with Crippen molar-refractivity contribution in [2.45, 2.75) is 19.4 Å². The Bertz CT molecular complexity index is 1070. The van der Waals surface area contributed by atoms with Crippen molar-refractivity contribution in [1.82, 2.24) is 10.2 Å². The van der Waals surface area contributed by atoms with Gasteiger partial charge in [0.25, 0.3) is 5.91 Å². The Labute approximate surface area is 181 Å². The van der Waals surface area contributed by atoms with Crippen molar-refractivity contribution < 1.29 is 14.0 Å². The summed E-state index contributed by atoms with van der Waals surface area (Å²) >= 11 is 0. The summed E-state index contributed by atoms with van der Waals surface area (Å²) in [6.07, 6.45) is 0. The van der Waals surface area contributed by atoms with Crippen LogP contribution in [0.15, 0.2) is 78.9 Å². The molecule has 1 aliphatic heterocycles. The van der Waals surface area contributed by atoms with E-state index in [1.807, 2.05) is 55.5 Å². The normalized spacial score (nSPS) is 18.1. The molecular formula is C26H25FN2O2. The number of amides is 2. The lowest BCUT2D eigenvalue weighted by atomic mass is 9.88. The van der Waals surface area contributed by atoms with Crippen LogP contribution in [0.25, 0.3) is 0 Å². The number of benzene rings is 3. The monoisotopic (exact) mass is 416 g/mol. The fourth-order valence-electron chi connectivity index (χ4n) is 4.11. The van der Waals surface area contributed by atoms with Crippen LogP contribution in [0.2, 0.25) is 0 Å². The molecule has 0 spiro atoms. The van der Waals surface area contributed by atoms with Crippen LogP contribution in [0, 0.1) is 18.7 Å². The first-order valence-electron chi connectivity index (χ1n) is 10.4. The topological polar surface area (TPSA) is 49.4 Å². The Balaban J connectivity index is 1.55. The van der Waals surface area contributed by atoms with E-state index in [1.54, 1.807) is 23.1 Å². The van der Waals surface area contributed by atoms with Crippen LogP contribution in [0.5, 0.6) is 0 Å². The average molecular weight is 416 g/mol. The van der Waals surface area contributed by atoms with Gasteiger partial charge in [-0.15, -0.1) is 0 Å². The molecule has 158 valence electrons. The predicted octanol–water partition coefficient (Wildman–Crippen LogP) is 4.31. The molecule has 0 saturated carbocycles. The van der Waals surface area contributed by atoms with E-state index >= 15 is 0 Å². The van der Waals surface area contributed by atoms with E-state index < -0.39 is 5.92 Å². The maximum Gasteiger partial charge on any atom is 0.253 e. The van der Waals surface area contributed by atoms with E-state index in [-0.39, 0.29) is 23.5 Å². The summed E-state index contributed by atoms with van der Waals surface area (Å²) in [5.41, 5.74) is 3.41. The van der Waals surface area contributed by atoms with Gasteiger partial charge in [0.1, 0.15) is 5.82 Å². The summed E-state index contributed by atoms with van der Waals surface area (Å²) in [6.45, 7) is 3.06. The van der Waals surface area contributed by atoms with E-state index in [2.05, 4.69) is 5.32 Å². The molecule has 0 aliphatic carbocycles. The third-order valence-corrected chi connectivity index (χ3v) is 5.83. The van der Waals surface area contributed by atoms with Crippen molar-refractivity contribution in [1.29, 1.82) is 0 Å². The number of carbonyl (C=O) groups is 2. The van der Waals surface area contributed by atoms with Gasteiger partial charge in [-0.1, -0.05) is 60.2 Å². The molecule has 0 radical (unpaired) electrons. The number of hydrogen-bond donors (Lipinski definition) is 1. The zero-order chi connectivity index (χ0) is 21.8. The second-order valence-electron chi connectivity index (χ2n) is 8.05. The van der Waals surface area contributed by atoms with E-state index in [0.717, 1.165) is 16.7 Å². The molecule has 4 rings (SSSR count). The van der Waals surface area contributed by atoms with E-state index in [0.29, 0.717) is 25.2 Å². The van der Waals surface area contributed by atoms with Crippen molar-refractivity contribution in [2.24, 2.45) is 5.92 Å². The zero-order valence-corrected chi connectivity index (χ0v) is 17.4. The van der Waals surface area contributed by atoms with Gasteiger partial charge in [0.15, 0.2) is 0 Å². The number of rotatable bonds is 5. The Morgan fingerprint density at radius 1 is 0.968 bits per heavy atom. The van der Waals surface area contributed by atoms with Gasteiger partial charge in [-0.2, -0.15) is 0 Å². The van der Waals surface area contributed by atoms with Crippen LogP contribution in [-0.2, 0) is 11.3 Å². The van der Waals surface area contributed by atoms with E-state index in [9.17, 15) is 14.0 Å². The maximum atomic E-state index is 13.9. The van der Waals surface area contributed by atoms with Gasteiger partial charge in [0, 0.05) is 31.1 Å². The number of aryl methyl sites for hydroxylation is 1. The Kier molecular flexibility index (Phi) is 6.12. The summed E-state index contributed by atoms with van der Waals surface area (Å²) in [6, 6.07) is 23.4. The van der Waals surface area contributed by atoms with Gasteiger partial charge >= 0.3 is 0 Å². The van der Waals surface area contributed by atoms with Crippen molar-refractivity contribution >= 4 is 11.8 Å². The highest BCUT2D eigenvalue weighted by molar-refractivity contribution is 5.95. The minimum absolute atomic E-state index is 0.111. The molecule has 0 unspecified atom stereocenters. The van der Waals surface area contributed by atoms with Gasteiger partial charge < -0.3 is 10.2 Å². The molecule has 0 bridgehead atoms. The fourth-order valence-corrected chi connectivity index (χ4v) is 4.11. The van der Waals surface area contributed by atoms with Crippen molar-refractivity contribution in [3.05, 3.63) is 107 Å². The molecule has 5 heteroatoms. The fraction of sp³-hybridized carbons (Fsp3) is 0.231. The molecule has 4 nitrogen and oxygen atoms in total. The molecule has 31 heavy (non-hydrogen) atoms. The van der Waals surface area contributed by atoms with E-state index in [1.165, 1.54) is 12.1 Å². The highest BCUT2D eigenvalue weighted by Crippen LogP contribution is 2.34. The summed E-state index contributed by atoms with van der Waals surface area (Å²) < 4.78 is 13.9. The number of carbonyl (C=O) groups excluding carboxylic acids is 2. The summed E-state index contributed by atoms with van der Waals surface area (Å²) in [5.74, 6) is -1.29. The molecule has 1 saturated heterocycles. The molecule has 1 aliphatic rings. The minimum Gasteiger partial charge on any atom is -0.352 e. The lowest BCUT2D eigenvalue weighted by Crippen LogP contribution is -2.35. The highest BCUT2D eigenvalue weighted by atomic mass is 19.1. The van der Waals surface area contributed by atoms with Crippen LogP contribution in [0.4, 0.5) is 4.39 Å². The smallest absolute Gasteiger partial charge is 0.253 e. The Hall–Kier alpha value is -3.47. The number of likely N-dealkylation sites (tertiary alicyclic amines) is 1. The molecular weight excluding hydrogens is 391 g/mol. The number of hydrogen-bond acceptors (Lipinski definition) is 2. The summed E-state index contributed by atoms with van der Waals surface area (Å²) in [5, 5.41) is 2.99. The molecule has 1 heterocycles. The van der Waals surface area contributed by atoms with Crippen molar-refractivity contribution in [3.63, 3.8) is 0 Å². The average Bonchev–Trinajstić information content (AvgIpc) is 3.24. The third-order valence-electron chi connectivity index (χ3n) is 5.83. The zero-order valence-electron chi connectivity index (χ0n) is 17.4. The molecule has 3 aromatic rings. The lowest BCUT2D eigenvalue weighted by molar-refractivity contribution is -0.125. The summed E-state index contributed by atoms with van der Waals surface area (Å²) in [7, 11) is 0. The highest BCUT2D eigenvalue weighted by Gasteiger charge is 2.40. The van der Waals surface area contributed by atoms with Gasteiger partial charge in [-0.25, -0.2) is 4.39 Å². The number of nitrogens with one attached hydrogen (secondary N) is 1. The second kappa shape index (κ2) is 9.13. The molecule has 1 fully saturated rings. The molecule has 3 aromatic carbocycles. The van der Waals surface area contributed by atoms with Gasteiger partial charge in [-0.05, 0) is 42.3 Å². The standard InChI is InChI=1S/C26H25FN2O2/c1-18-10-12-20(13-11-18)26(31)29-16-23(21-8-5-9-22(27)14-21)24(17-29)25(30)28-15-19-6-3-2-4-7-19/h2-14,23-24H,15-17H2,1H3,(H,28,30)/t23-,24-/m0/s1. The minimum atomic E-state index is -0.445. The largest absolute Gasteiger partial charge is 0.352 e. The van der Waals surface area contributed by atoms with Crippen LogP contribution >= 0.6 is 0 Å². The van der Waals surface area contributed by atoms with Crippen LogP contribution in [0.3, 0.4) is 0 Å². The van der Waals surface area contributed by atoms with Gasteiger partial charge in [-0.3, -0.25) is 9.59 Å². The Morgan fingerprint density at radius 3 is 2.42 bits per heavy atom. The van der Waals surface area contributed by atoms with Crippen LogP contribution in [0.1, 0.15) is 33.0 Å². The first-order valence-corrected chi connectivity index (χ1v) is 10.4.